The predicted molar refractivity (Wildman–Crippen MR) is 106 cm³/mol. The Morgan fingerprint density at radius 2 is 1.97 bits per heavy atom. The highest BCUT2D eigenvalue weighted by molar-refractivity contribution is 5.92. The molecule has 31 heavy (non-hydrogen) atoms. The number of rotatable bonds is 3. The van der Waals surface area contributed by atoms with Crippen molar-refractivity contribution in [3.8, 4) is 5.69 Å². The molecule has 1 aromatic carbocycles. The number of carboxylic acid groups (broad SMARTS) is 1. The van der Waals surface area contributed by atoms with E-state index >= 15 is 4.39 Å². The molecule has 4 atom stereocenters. The summed E-state index contributed by atoms with van der Waals surface area (Å²) in [5.41, 5.74) is 4.02. The van der Waals surface area contributed by atoms with Crippen LogP contribution in [0.4, 0.5) is 19.0 Å². The largest absolute Gasteiger partial charge is 0.477 e. The van der Waals surface area contributed by atoms with Gasteiger partial charge in [0.2, 0.25) is 5.43 Å². The van der Waals surface area contributed by atoms with Crippen molar-refractivity contribution in [3.05, 3.63) is 63.7 Å². The average Bonchev–Trinajstić information content (AvgIpc) is 3.20. The lowest BCUT2D eigenvalue weighted by atomic mass is 10.1. The number of halogens is 3. The lowest BCUT2D eigenvalue weighted by Crippen LogP contribution is -2.36. The Morgan fingerprint density at radius 3 is 2.58 bits per heavy atom. The summed E-state index contributed by atoms with van der Waals surface area (Å²) >= 11 is 0. The first-order chi connectivity index (χ1) is 14.7. The number of nitrogens with two attached hydrogens (primary N) is 1. The molecule has 0 spiro atoms. The van der Waals surface area contributed by atoms with E-state index in [1.165, 1.54) is 0 Å². The number of nitrogens with zero attached hydrogens (tertiary/aromatic N) is 3. The summed E-state index contributed by atoms with van der Waals surface area (Å²) in [7, 11) is 0. The Morgan fingerprint density at radius 1 is 1.23 bits per heavy atom. The van der Waals surface area contributed by atoms with Crippen LogP contribution < -0.4 is 16.1 Å². The van der Waals surface area contributed by atoms with E-state index in [1.807, 2.05) is 6.92 Å². The molecule has 0 amide bonds. The zero-order valence-electron chi connectivity index (χ0n) is 16.2. The number of aromatic carboxylic acids is 1. The van der Waals surface area contributed by atoms with Crippen molar-refractivity contribution < 1.29 is 23.1 Å². The minimum atomic E-state index is -1.56. The topological polar surface area (TPSA) is 101 Å². The number of hydrogen-bond donors (Lipinski definition) is 2. The fourth-order valence-electron chi connectivity index (χ4n) is 4.66. The number of hydrogen-bond acceptors (Lipinski definition) is 5. The van der Waals surface area contributed by atoms with E-state index in [1.54, 1.807) is 4.90 Å². The second-order valence-corrected chi connectivity index (χ2v) is 8.02. The Balaban J connectivity index is 1.77. The Kier molecular flexibility index (Phi) is 4.13. The van der Waals surface area contributed by atoms with Gasteiger partial charge < -0.3 is 15.7 Å². The van der Waals surface area contributed by atoms with Crippen molar-refractivity contribution in [1.29, 1.82) is 0 Å². The molecule has 160 valence electrons. The van der Waals surface area contributed by atoms with Gasteiger partial charge >= 0.3 is 5.97 Å². The molecule has 1 aliphatic heterocycles. The smallest absolute Gasteiger partial charge is 0.341 e. The summed E-state index contributed by atoms with van der Waals surface area (Å²) in [6.07, 6.45) is 0.915. The van der Waals surface area contributed by atoms with Gasteiger partial charge in [-0.2, -0.15) is 0 Å². The Hall–Kier alpha value is -3.40. The zero-order chi connectivity index (χ0) is 22.2. The van der Waals surface area contributed by atoms with Crippen LogP contribution in [-0.2, 0) is 0 Å². The van der Waals surface area contributed by atoms with Crippen LogP contribution in [0.15, 0.2) is 35.3 Å². The molecule has 3 aromatic rings. The summed E-state index contributed by atoms with van der Waals surface area (Å²) in [4.78, 5) is 30.3. The lowest BCUT2D eigenvalue weighted by Gasteiger charge is -2.27. The van der Waals surface area contributed by atoms with Crippen molar-refractivity contribution in [2.24, 2.45) is 17.6 Å². The van der Waals surface area contributed by atoms with Gasteiger partial charge in [0, 0.05) is 36.8 Å². The average molecular weight is 430 g/mol. The summed E-state index contributed by atoms with van der Waals surface area (Å²) in [5, 5.41) is 9.08. The first-order valence-electron chi connectivity index (χ1n) is 9.66. The van der Waals surface area contributed by atoms with Crippen molar-refractivity contribution in [3.63, 3.8) is 0 Å². The molecule has 1 aliphatic carbocycles. The third-order valence-corrected chi connectivity index (χ3v) is 6.33. The minimum Gasteiger partial charge on any atom is -0.477 e. The van der Waals surface area contributed by atoms with E-state index in [9.17, 15) is 23.5 Å². The summed E-state index contributed by atoms with van der Waals surface area (Å²) in [6, 6.07) is 3.60. The highest BCUT2D eigenvalue weighted by atomic mass is 19.1. The molecular weight excluding hydrogens is 413 g/mol. The van der Waals surface area contributed by atoms with Gasteiger partial charge in [-0.3, -0.25) is 9.36 Å². The fraction of sp³-hybridized carbons (Fsp3) is 0.286. The molecule has 0 unspecified atom stereocenters. The van der Waals surface area contributed by atoms with E-state index in [-0.39, 0.29) is 46.5 Å². The molecular formula is C21H17F3N4O3. The van der Waals surface area contributed by atoms with Crippen molar-refractivity contribution in [2.45, 2.75) is 19.0 Å². The maximum Gasteiger partial charge on any atom is 0.341 e. The molecule has 1 saturated carbocycles. The van der Waals surface area contributed by atoms with Gasteiger partial charge in [0.25, 0.3) is 0 Å². The second-order valence-electron chi connectivity index (χ2n) is 8.02. The first kappa shape index (κ1) is 19.6. The SMILES string of the molecule is C[C@H]1[C@@H]2[C@@H](N)[C@@H]2CN1c1nc2c(cc1F)c(=O)c(C(=O)O)cn2-c1ccc(F)cc1F. The van der Waals surface area contributed by atoms with Gasteiger partial charge in [-0.1, -0.05) is 0 Å². The number of anilines is 1. The molecule has 7 nitrogen and oxygen atoms in total. The Bertz CT molecular complexity index is 1330. The molecule has 0 radical (unpaired) electrons. The second kappa shape index (κ2) is 6.55. The van der Waals surface area contributed by atoms with Crippen LogP contribution in [0.3, 0.4) is 0 Å². The number of benzene rings is 1. The maximum atomic E-state index is 15.0. The van der Waals surface area contributed by atoms with Gasteiger partial charge in [0.05, 0.1) is 11.1 Å². The van der Waals surface area contributed by atoms with Crippen LogP contribution in [0.5, 0.6) is 0 Å². The summed E-state index contributed by atoms with van der Waals surface area (Å²) in [5.74, 6) is -3.77. The summed E-state index contributed by atoms with van der Waals surface area (Å²) < 4.78 is 44.0. The number of fused-ring (bicyclic) bond motifs is 2. The molecule has 0 bridgehead atoms. The van der Waals surface area contributed by atoms with Gasteiger partial charge in [-0.25, -0.2) is 22.9 Å². The van der Waals surface area contributed by atoms with E-state index < -0.39 is 34.4 Å². The highest BCUT2D eigenvalue weighted by Crippen LogP contribution is 2.49. The minimum absolute atomic E-state index is 0.0295. The normalized spacial score (nSPS) is 24.5. The quantitative estimate of drug-likeness (QED) is 0.661. The third kappa shape index (κ3) is 2.82. The standard InChI is InChI=1S/C21H17F3N4O3/c1-8-16-11(17(16)25)6-27(8)20-14(24)5-10-18(29)12(21(30)31)7-28(19(10)26-20)15-3-2-9(22)4-13(15)23/h2-5,7-8,11,16-17H,6,25H2,1H3,(H,30,31)/t8-,11+,16-,17-/m0/s1. The van der Waals surface area contributed by atoms with E-state index in [4.69, 9.17) is 5.73 Å². The van der Waals surface area contributed by atoms with Gasteiger partial charge in [-0.15, -0.1) is 0 Å². The van der Waals surface area contributed by atoms with Crippen LogP contribution in [0, 0.1) is 29.3 Å². The molecule has 3 N–H and O–H groups in total. The van der Waals surface area contributed by atoms with E-state index in [2.05, 4.69) is 4.98 Å². The van der Waals surface area contributed by atoms with Crippen LogP contribution in [0.2, 0.25) is 0 Å². The van der Waals surface area contributed by atoms with Crippen LogP contribution in [-0.4, -0.2) is 39.3 Å². The van der Waals surface area contributed by atoms with Crippen molar-refractivity contribution >= 4 is 22.8 Å². The summed E-state index contributed by atoms with van der Waals surface area (Å²) in [6.45, 7) is 2.40. The zero-order valence-corrected chi connectivity index (χ0v) is 16.2. The van der Waals surface area contributed by atoms with Crippen LogP contribution >= 0.6 is 0 Å². The number of pyridine rings is 2. The monoisotopic (exact) mass is 430 g/mol. The number of carboxylic acids is 1. The molecule has 3 heterocycles. The third-order valence-electron chi connectivity index (χ3n) is 6.33. The number of piperidine rings is 1. The predicted octanol–water partition coefficient (Wildman–Crippen LogP) is 2.28. The lowest BCUT2D eigenvalue weighted by molar-refractivity contribution is 0.0695. The number of carbonyl (C=O) groups is 1. The molecule has 1 saturated heterocycles. The van der Waals surface area contributed by atoms with Gasteiger partial charge in [-0.05, 0) is 31.0 Å². The van der Waals surface area contributed by atoms with Crippen LogP contribution in [0.1, 0.15) is 17.3 Å². The van der Waals surface area contributed by atoms with Crippen molar-refractivity contribution in [2.75, 3.05) is 11.4 Å². The van der Waals surface area contributed by atoms with Crippen molar-refractivity contribution in [1.82, 2.24) is 9.55 Å². The van der Waals surface area contributed by atoms with Gasteiger partial charge in [0.1, 0.15) is 17.2 Å². The van der Waals surface area contributed by atoms with Crippen LogP contribution in [0.25, 0.3) is 16.7 Å². The van der Waals surface area contributed by atoms with E-state index in [0.29, 0.717) is 12.6 Å². The molecule has 2 aromatic heterocycles. The highest BCUT2D eigenvalue weighted by Gasteiger charge is 2.58. The van der Waals surface area contributed by atoms with E-state index in [0.717, 1.165) is 29.0 Å². The maximum absolute atomic E-state index is 15.0. The Labute approximate surface area is 173 Å². The number of aromatic nitrogens is 2. The molecule has 5 rings (SSSR count). The molecule has 10 heteroatoms. The molecule has 2 aliphatic rings. The van der Waals surface area contributed by atoms with Gasteiger partial charge in [0.15, 0.2) is 17.3 Å². The first-order valence-corrected chi connectivity index (χ1v) is 9.66. The fourth-order valence-corrected chi connectivity index (χ4v) is 4.66. The molecule has 2 fully saturated rings.